The molecular weight excluding hydrogens is 874 g/mol. The van der Waals surface area contributed by atoms with Gasteiger partial charge in [0.15, 0.2) is 0 Å². The number of non-ortho nitro benzene ring substituents is 2. The van der Waals surface area contributed by atoms with Crippen molar-refractivity contribution in [3.05, 3.63) is 136 Å². The second-order valence-corrected chi connectivity index (χ2v) is 14.8. The van der Waals surface area contributed by atoms with Crippen molar-refractivity contribution in [3.63, 3.8) is 0 Å². The number of anilines is 2. The second kappa shape index (κ2) is 12.0. The molecule has 0 radical (unpaired) electrons. The van der Waals surface area contributed by atoms with E-state index < -0.39 is 69.5 Å². The number of imide groups is 2. The molecule has 4 aromatic carbocycles. The van der Waals surface area contributed by atoms with Gasteiger partial charge in [0, 0.05) is 31.4 Å². The molecule has 8 rings (SSSR count). The summed E-state index contributed by atoms with van der Waals surface area (Å²) in [6.45, 7) is 0. The van der Waals surface area contributed by atoms with Crippen molar-refractivity contribution in [1.82, 2.24) is 10.0 Å². The zero-order chi connectivity index (χ0) is 35.2. The average molecular weight is 896 g/mol. The van der Waals surface area contributed by atoms with Crippen molar-refractivity contribution in [2.45, 2.75) is 24.2 Å². The predicted molar refractivity (Wildman–Crippen MR) is 193 cm³/mol. The smallest absolute Gasteiger partial charge is 0.269 e. The lowest BCUT2D eigenvalue weighted by atomic mass is 9.84. The van der Waals surface area contributed by atoms with Gasteiger partial charge in [-0.1, -0.05) is 24.3 Å². The summed E-state index contributed by atoms with van der Waals surface area (Å²) in [5.74, 6) is -4.67. The van der Waals surface area contributed by atoms with Gasteiger partial charge >= 0.3 is 0 Å². The number of hydrogen-bond acceptors (Lipinski definition) is 10. The van der Waals surface area contributed by atoms with Gasteiger partial charge < -0.3 is 0 Å². The van der Waals surface area contributed by atoms with Gasteiger partial charge in [0.2, 0.25) is 11.8 Å². The number of rotatable bonds is 6. The van der Waals surface area contributed by atoms with E-state index in [1.54, 1.807) is 70.7 Å². The number of fused-ring (bicyclic) bond motifs is 5. The van der Waals surface area contributed by atoms with E-state index in [0.29, 0.717) is 22.5 Å². The predicted octanol–water partition coefficient (Wildman–Crippen LogP) is 5.16. The third-order valence-corrected chi connectivity index (χ3v) is 11.2. The minimum atomic E-state index is -1.24. The Bertz CT molecular complexity index is 2010. The SMILES string of the molecule is O=C1C2C(C(=O)N1c1ccc(I)cc1)N1C(c3cccc([N+](=O)[O-])c3)C3C(=O)N(c4ccc(I)cc4)C(=O)C3N1C2c1cccc([N+](=O)[O-])c1. The highest BCUT2D eigenvalue weighted by Gasteiger charge is 2.73. The van der Waals surface area contributed by atoms with Crippen LogP contribution in [0.4, 0.5) is 22.7 Å². The summed E-state index contributed by atoms with van der Waals surface area (Å²) >= 11 is 4.21. The summed E-state index contributed by atoms with van der Waals surface area (Å²) in [6.07, 6.45) is 0. The Morgan fingerprint density at radius 1 is 0.500 bits per heavy atom. The van der Waals surface area contributed by atoms with Crippen LogP contribution in [0.25, 0.3) is 0 Å². The van der Waals surface area contributed by atoms with Crippen molar-refractivity contribution in [3.8, 4) is 0 Å². The van der Waals surface area contributed by atoms with Crippen molar-refractivity contribution in [1.29, 1.82) is 0 Å². The average Bonchev–Trinajstić information content (AvgIpc) is 3.77. The Hall–Kier alpha value is -4.66. The van der Waals surface area contributed by atoms with Crippen molar-refractivity contribution in [2.75, 3.05) is 9.80 Å². The molecule has 16 heteroatoms. The van der Waals surface area contributed by atoms with Crippen LogP contribution < -0.4 is 9.80 Å². The number of benzene rings is 4. The molecule has 0 aromatic heterocycles. The number of carbonyl (C=O) groups excluding carboxylic acids is 4. The molecule has 4 aromatic rings. The molecule has 0 aliphatic carbocycles. The number of hydrogen-bond donors (Lipinski definition) is 0. The summed E-state index contributed by atoms with van der Waals surface area (Å²) in [6, 6.07) is 20.2. The molecule has 4 amide bonds. The Kier molecular flexibility index (Phi) is 7.80. The Balaban J connectivity index is 1.35. The van der Waals surface area contributed by atoms with Gasteiger partial charge in [-0.25, -0.2) is 19.8 Å². The summed E-state index contributed by atoms with van der Waals surface area (Å²) in [5.41, 5.74) is 0.723. The fourth-order valence-corrected chi connectivity index (χ4v) is 8.55. The standard InChI is InChI=1S/C34H22I2N6O8/c35-19-7-11-21(12-8-19)37-31(43)25-27(17-3-1-5-23(15-17)41(47)48)39-30-26(32(44)38(34(30)46)22-13-9-20(36)10-14-22)28(40(39)29(25)33(37)45)18-4-2-6-24(16-18)42(49)50/h1-16,25-30H. The summed E-state index contributed by atoms with van der Waals surface area (Å²) in [5, 5.41) is 27.0. The quantitative estimate of drug-likeness (QED) is 0.109. The molecule has 6 atom stereocenters. The monoisotopic (exact) mass is 896 g/mol. The first kappa shape index (κ1) is 32.5. The molecule has 4 fully saturated rings. The van der Waals surface area contributed by atoms with E-state index in [4.69, 9.17) is 0 Å². The molecule has 0 N–H and O–H groups in total. The normalized spacial score (nSPS) is 26.0. The summed E-state index contributed by atoms with van der Waals surface area (Å²) < 4.78 is 1.75. The molecule has 4 heterocycles. The lowest BCUT2D eigenvalue weighted by Crippen LogP contribution is -2.50. The molecule has 14 nitrogen and oxygen atoms in total. The van der Waals surface area contributed by atoms with E-state index in [1.165, 1.54) is 36.4 Å². The van der Waals surface area contributed by atoms with E-state index >= 15 is 0 Å². The highest BCUT2D eigenvalue weighted by molar-refractivity contribution is 14.1. The summed E-state index contributed by atoms with van der Waals surface area (Å²) in [7, 11) is 0. The van der Waals surface area contributed by atoms with Crippen LogP contribution in [-0.2, 0) is 19.2 Å². The maximum atomic E-state index is 14.6. The molecule has 50 heavy (non-hydrogen) atoms. The first-order valence-corrected chi connectivity index (χ1v) is 17.5. The van der Waals surface area contributed by atoms with Gasteiger partial charge in [-0.15, -0.1) is 0 Å². The summed E-state index contributed by atoms with van der Waals surface area (Å²) in [4.78, 5) is 83.0. The van der Waals surface area contributed by atoms with E-state index in [0.717, 1.165) is 16.9 Å². The molecule has 4 aliphatic rings. The van der Waals surface area contributed by atoms with Crippen molar-refractivity contribution in [2.24, 2.45) is 11.8 Å². The Morgan fingerprint density at radius 2 is 0.860 bits per heavy atom. The molecule has 0 spiro atoms. The molecular formula is C34H22I2N6O8. The minimum Gasteiger partial charge on any atom is -0.274 e. The van der Waals surface area contributed by atoms with Crippen LogP contribution in [0.15, 0.2) is 97.1 Å². The third kappa shape index (κ3) is 4.79. The molecule has 4 saturated heterocycles. The molecule has 0 saturated carbocycles. The lowest BCUT2D eigenvalue weighted by molar-refractivity contribution is -0.385. The fraction of sp³-hybridized carbons (Fsp3) is 0.176. The number of halogens is 2. The van der Waals surface area contributed by atoms with Gasteiger partial charge in [-0.3, -0.25) is 39.4 Å². The van der Waals surface area contributed by atoms with Crippen LogP contribution in [0.3, 0.4) is 0 Å². The third-order valence-electron chi connectivity index (χ3n) is 9.74. The number of nitro groups is 2. The first-order valence-electron chi connectivity index (χ1n) is 15.3. The molecule has 4 aliphatic heterocycles. The van der Waals surface area contributed by atoms with E-state index in [1.807, 2.05) is 0 Å². The maximum absolute atomic E-state index is 14.6. The van der Waals surface area contributed by atoms with Crippen LogP contribution >= 0.6 is 45.2 Å². The van der Waals surface area contributed by atoms with Crippen LogP contribution in [0.2, 0.25) is 0 Å². The van der Waals surface area contributed by atoms with Crippen LogP contribution in [0.5, 0.6) is 0 Å². The van der Waals surface area contributed by atoms with Gasteiger partial charge in [0.05, 0.1) is 45.1 Å². The second-order valence-electron chi connectivity index (χ2n) is 12.3. The lowest BCUT2D eigenvalue weighted by Gasteiger charge is -2.35. The van der Waals surface area contributed by atoms with E-state index in [2.05, 4.69) is 45.2 Å². The highest BCUT2D eigenvalue weighted by atomic mass is 127. The minimum absolute atomic E-state index is 0.260. The van der Waals surface area contributed by atoms with Crippen molar-refractivity contribution < 1.29 is 29.0 Å². The molecule has 250 valence electrons. The number of nitro benzene ring substituents is 2. The van der Waals surface area contributed by atoms with Crippen LogP contribution in [0.1, 0.15) is 23.2 Å². The maximum Gasteiger partial charge on any atom is 0.269 e. The number of amides is 4. The topological polar surface area (TPSA) is 168 Å². The number of hydrazine groups is 1. The van der Waals surface area contributed by atoms with Gasteiger partial charge in [0.1, 0.15) is 12.1 Å². The number of nitrogens with zero attached hydrogens (tertiary/aromatic N) is 6. The van der Waals surface area contributed by atoms with E-state index in [-0.39, 0.29) is 11.4 Å². The molecule has 0 bridgehead atoms. The van der Waals surface area contributed by atoms with Crippen LogP contribution in [0, 0.1) is 39.2 Å². The highest BCUT2D eigenvalue weighted by Crippen LogP contribution is 2.60. The Morgan fingerprint density at radius 3 is 1.20 bits per heavy atom. The van der Waals surface area contributed by atoms with Gasteiger partial charge in [-0.2, -0.15) is 0 Å². The van der Waals surface area contributed by atoms with E-state index in [9.17, 15) is 39.4 Å². The number of carbonyl (C=O) groups is 4. The zero-order valence-corrected chi connectivity index (χ0v) is 29.7. The largest absolute Gasteiger partial charge is 0.274 e. The Labute approximate surface area is 310 Å². The van der Waals surface area contributed by atoms with Gasteiger partial charge in [0.25, 0.3) is 23.2 Å². The molecule has 6 unspecified atom stereocenters. The fourth-order valence-electron chi connectivity index (χ4n) is 7.83. The van der Waals surface area contributed by atoms with Gasteiger partial charge in [-0.05, 0) is 105 Å². The zero-order valence-electron chi connectivity index (χ0n) is 25.4. The van der Waals surface area contributed by atoms with Crippen LogP contribution in [-0.4, -0.2) is 55.6 Å². The first-order chi connectivity index (χ1) is 24.0. The van der Waals surface area contributed by atoms with Crippen molar-refractivity contribution >= 4 is 91.6 Å².